The lowest BCUT2D eigenvalue weighted by Gasteiger charge is -2.20. The minimum absolute atomic E-state index is 0.179. The Bertz CT molecular complexity index is 638. The highest BCUT2D eigenvalue weighted by Gasteiger charge is 2.34. The van der Waals surface area contributed by atoms with Gasteiger partial charge in [0.05, 0.1) is 18.4 Å². The van der Waals surface area contributed by atoms with Crippen molar-refractivity contribution in [3.63, 3.8) is 0 Å². The fraction of sp³-hybridized carbons (Fsp3) is 0.214. The summed E-state index contributed by atoms with van der Waals surface area (Å²) >= 11 is 4.72. The van der Waals surface area contributed by atoms with Crippen LogP contribution in [0.4, 0.5) is 18.9 Å². The maximum Gasteiger partial charge on any atom is 0.417 e. The molecule has 0 aliphatic carbocycles. The summed E-state index contributed by atoms with van der Waals surface area (Å²) in [4.78, 5) is 1.47. The van der Waals surface area contributed by atoms with Crippen molar-refractivity contribution >= 4 is 22.9 Å². The first-order valence-corrected chi connectivity index (χ1v) is 6.44. The number of anilines is 1. The van der Waals surface area contributed by atoms with Gasteiger partial charge in [-0.15, -0.1) is 0 Å². The Kier molecular flexibility index (Phi) is 4.22. The molecule has 2 aromatic rings. The summed E-state index contributed by atoms with van der Waals surface area (Å²) in [6.07, 6.45) is -2.95. The topological polar surface area (TPSA) is 42.4 Å². The summed E-state index contributed by atoms with van der Waals surface area (Å²) in [5.41, 5.74) is 4.97. The zero-order chi connectivity index (χ0) is 15.6. The van der Waals surface area contributed by atoms with Gasteiger partial charge < -0.3 is 15.1 Å². The largest absolute Gasteiger partial charge is 0.467 e. The standard InChI is InChI=1S/C14H13F3N2OS/c1-19(8-10-3-2-6-20-10)9-4-5-12(14(15,16)17)11(7-9)13(18)21/h2-7H,8H2,1H3,(H2,18,21). The molecule has 0 amide bonds. The van der Waals surface area contributed by atoms with Crippen LogP contribution in [0.25, 0.3) is 0 Å². The Balaban J connectivity index is 2.33. The van der Waals surface area contributed by atoms with Crippen LogP contribution in [0.3, 0.4) is 0 Å². The number of hydrogen-bond donors (Lipinski definition) is 1. The lowest BCUT2D eigenvalue weighted by atomic mass is 10.1. The molecule has 0 fully saturated rings. The van der Waals surface area contributed by atoms with Gasteiger partial charge >= 0.3 is 6.18 Å². The number of thiocarbonyl (C=S) groups is 1. The summed E-state index contributed by atoms with van der Waals surface area (Å²) in [5, 5.41) is 0. The van der Waals surface area contributed by atoms with Gasteiger partial charge in [-0.25, -0.2) is 0 Å². The molecule has 0 radical (unpaired) electrons. The van der Waals surface area contributed by atoms with E-state index in [-0.39, 0.29) is 10.6 Å². The van der Waals surface area contributed by atoms with Crippen molar-refractivity contribution in [3.8, 4) is 0 Å². The van der Waals surface area contributed by atoms with Gasteiger partial charge in [0.1, 0.15) is 10.7 Å². The number of halogens is 3. The predicted octanol–water partition coefficient (Wildman–Crippen LogP) is 3.57. The van der Waals surface area contributed by atoms with E-state index >= 15 is 0 Å². The molecule has 1 aromatic heterocycles. The van der Waals surface area contributed by atoms with Crippen molar-refractivity contribution in [1.29, 1.82) is 0 Å². The third-order valence-electron chi connectivity index (χ3n) is 2.99. The van der Waals surface area contributed by atoms with Gasteiger partial charge in [0.2, 0.25) is 0 Å². The van der Waals surface area contributed by atoms with Gasteiger partial charge in [-0.1, -0.05) is 12.2 Å². The molecule has 112 valence electrons. The van der Waals surface area contributed by atoms with Crippen molar-refractivity contribution < 1.29 is 17.6 Å². The normalized spacial score (nSPS) is 11.4. The fourth-order valence-corrected chi connectivity index (χ4v) is 2.12. The highest BCUT2D eigenvalue weighted by Crippen LogP contribution is 2.34. The third-order valence-corrected chi connectivity index (χ3v) is 3.21. The van der Waals surface area contributed by atoms with E-state index in [1.165, 1.54) is 18.4 Å². The average Bonchev–Trinajstić information content (AvgIpc) is 2.89. The Morgan fingerprint density at radius 1 is 1.33 bits per heavy atom. The molecule has 7 heteroatoms. The van der Waals surface area contributed by atoms with Crippen molar-refractivity contribution in [2.24, 2.45) is 5.73 Å². The molecule has 2 N–H and O–H groups in total. The SMILES string of the molecule is CN(Cc1ccco1)c1ccc(C(F)(F)F)c(C(N)=S)c1. The van der Waals surface area contributed by atoms with Gasteiger partial charge in [0, 0.05) is 18.3 Å². The van der Waals surface area contributed by atoms with E-state index in [1.54, 1.807) is 24.1 Å². The molecular weight excluding hydrogens is 301 g/mol. The highest BCUT2D eigenvalue weighted by molar-refractivity contribution is 7.80. The molecule has 0 unspecified atom stereocenters. The number of alkyl halides is 3. The van der Waals surface area contributed by atoms with Crippen LogP contribution in [0.5, 0.6) is 0 Å². The minimum Gasteiger partial charge on any atom is -0.467 e. The summed E-state index contributed by atoms with van der Waals surface area (Å²) < 4.78 is 43.9. The maximum absolute atomic E-state index is 12.9. The lowest BCUT2D eigenvalue weighted by molar-refractivity contribution is -0.137. The number of nitrogens with zero attached hydrogens (tertiary/aromatic N) is 1. The molecule has 1 aromatic carbocycles. The summed E-state index contributed by atoms with van der Waals surface area (Å²) in [6, 6.07) is 7.25. The smallest absolute Gasteiger partial charge is 0.417 e. The molecule has 0 saturated heterocycles. The zero-order valence-electron chi connectivity index (χ0n) is 11.1. The Labute approximate surface area is 125 Å². The van der Waals surface area contributed by atoms with Crippen molar-refractivity contribution in [3.05, 3.63) is 53.5 Å². The quantitative estimate of drug-likeness (QED) is 0.876. The molecule has 2 rings (SSSR count). The summed E-state index contributed by atoms with van der Waals surface area (Å²) in [6.45, 7) is 0.426. The van der Waals surface area contributed by atoms with Crippen molar-refractivity contribution in [2.75, 3.05) is 11.9 Å². The van der Waals surface area contributed by atoms with Crippen LogP contribution < -0.4 is 10.6 Å². The minimum atomic E-state index is -4.49. The molecule has 0 saturated carbocycles. The van der Waals surface area contributed by atoms with E-state index in [0.717, 1.165) is 6.07 Å². The first-order chi connectivity index (χ1) is 9.79. The zero-order valence-corrected chi connectivity index (χ0v) is 12.0. The molecule has 0 spiro atoms. The van der Waals surface area contributed by atoms with Crippen LogP contribution >= 0.6 is 12.2 Å². The molecule has 0 bridgehead atoms. The van der Waals surface area contributed by atoms with Crippen LogP contribution in [0, 0.1) is 0 Å². The average molecular weight is 314 g/mol. The maximum atomic E-state index is 12.9. The van der Waals surface area contributed by atoms with Crippen LogP contribution in [-0.2, 0) is 12.7 Å². The fourth-order valence-electron chi connectivity index (χ4n) is 1.95. The van der Waals surface area contributed by atoms with E-state index in [9.17, 15) is 13.2 Å². The monoisotopic (exact) mass is 314 g/mol. The third kappa shape index (κ3) is 3.55. The number of rotatable bonds is 4. The van der Waals surface area contributed by atoms with E-state index in [2.05, 4.69) is 0 Å². The molecule has 21 heavy (non-hydrogen) atoms. The molecule has 3 nitrogen and oxygen atoms in total. The first kappa shape index (κ1) is 15.4. The Morgan fingerprint density at radius 3 is 2.57 bits per heavy atom. The summed E-state index contributed by atoms with van der Waals surface area (Å²) in [7, 11) is 1.74. The van der Waals surface area contributed by atoms with Crippen LogP contribution in [0.2, 0.25) is 0 Å². The number of benzene rings is 1. The van der Waals surface area contributed by atoms with Gasteiger partial charge in [-0.05, 0) is 30.3 Å². The molecule has 1 heterocycles. The Morgan fingerprint density at radius 2 is 2.05 bits per heavy atom. The van der Waals surface area contributed by atoms with Gasteiger partial charge in [-0.3, -0.25) is 0 Å². The highest BCUT2D eigenvalue weighted by atomic mass is 32.1. The van der Waals surface area contributed by atoms with Crippen LogP contribution in [0.1, 0.15) is 16.9 Å². The molecule has 0 aliphatic rings. The van der Waals surface area contributed by atoms with Gasteiger partial charge in [0.25, 0.3) is 0 Å². The van der Waals surface area contributed by atoms with Crippen molar-refractivity contribution in [2.45, 2.75) is 12.7 Å². The number of nitrogens with two attached hydrogens (primary N) is 1. The predicted molar refractivity (Wildman–Crippen MR) is 78.1 cm³/mol. The molecule has 0 aliphatic heterocycles. The van der Waals surface area contributed by atoms with Crippen molar-refractivity contribution in [1.82, 2.24) is 0 Å². The van der Waals surface area contributed by atoms with Gasteiger partial charge in [0.15, 0.2) is 0 Å². The second-order valence-electron chi connectivity index (χ2n) is 4.53. The molecular formula is C14H13F3N2OS. The number of furan rings is 1. The summed E-state index contributed by atoms with van der Waals surface area (Å²) in [5.74, 6) is 0.703. The second-order valence-corrected chi connectivity index (χ2v) is 4.97. The van der Waals surface area contributed by atoms with E-state index in [4.69, 9.17) is 22.4 Å². The second kappa shape index (κ2) is 5.77. The number of hydrogen-bond acceptors (Lipinski definition) is 3. The van der Waals surface area contributed by atoms with E-state index in [1.807, 2.05) is 0 Å². The van der Waals surface area contributed by atoms with Crippen LogP contribution in [0.15, 0.2) is 41.0 Å². The Hall–Kier alpha value is -2.02. The van der Waals surface area contributed by atoms with Gasteiger partial charge in [-0.2, -0.15) is 13.2 Å². The van der Waals surface area contributed by atoms with Crippen LogP contribution in [-0.4, -0.2) is 12.0 Å². The first-order valence-electron chi connectivity index (χ1n) is 6.03. The lowest BCUT2D eigenvalue weighted by Crippen LogP contribution is -2.21. The van der Waals surface area contributed by atoms with E-state index < -0.39 is 11.7 Å². The molecule has 0 atom stereocenters. The van der Waals surface area contributed by atoms with E-state index in [0.29, 0.717) is 18.0 Å².